The van der Waals surface area contributed by atoms with Gasteiger partial charge in [-0.15, -0.1) is 0 Å². The summed E-state index contributed by atoms with van der Waals surface area (Å²) in [6, 6.07) is 2.19. The van der Waals surface area contributed by atoms with E-state index < -0.39 is 16.4 Å². The third-order valence-corrected chi connectivity index (χ3v) is 1.63. The van der Waals surface area contributed by atoms with Crippen molar-refractivity contribution in [3.8, 4) is 11.5 Å². The first kappa shape index (κ1) is 13.8. The van der Waals surface area contributed by atoms with Gasteiger partial charge in [-0.1, -0.05) is 0 Å². The van der Waals surface area contributed by atoms with Crippen molar-refractivity contribution >= 4 is 12.0 Å². The molecule has 0 spiro atoms. The smallest absolute Gasteiger partial charge is 0.315 e. The summed E-state index contributed by atoms with van der Waals surface area (Å²) in [6.45, 7) is 0. The second-order valence-corrected chi connectivity index (χ2v) is 2.47. The summed E-state index contributed by atoms with van der Waals surface area (Å²) in [5.74, 6) is -0.676. The lowest BCUT2D eigenvalue weighted by Crippen LogP contribution is -1.94. The molecule has 0 unspecified atom stereocenters. The van der Waals surface area contributed by atoms with Gasteiger partial charge in [0.05, 0.1) is 12.0 Å². The van der Waals surface area contributed by atoms with Crippen LogP contribution in [0.2, 0.25) is 0 Å². The number of carbonyl (C=O) groups excluding carboxylic acids is 1. The van der Waals surface area contributed by atoms with Gasteiger partial charge in [0, 0.05) is 18.7 Å². The SMILES string of the molecule is CO.COc1cc(C=O)cc([N+](=O)[O-])c1O. The summed E-state index contributed by atoms with van der Waals surface area (Å²) < 4.78 is 4.66. The van der Waals surface area contributed by atoms with Crippen molar-refractivity contribution in [2.24, 2.45) is 0 Å². The van der Waals surface area contributed by atoms with E-state index in [4.69, 9.17) is 5.11 Å². The fourth-order valence-electron chi connectivity index (χ4n) is 0.977. The molecule has 0 fully saturated rings. The third-order valence-electron chi connectivity index (χ3n) is 1.63. The van der Waals surface area contributed by atoms with Crippen LogP contribution in [0.1, 0.15) is 10.4 Å². The first-order chi connectivity index (χ1) is 7.60. The monoisotopic (exact) mass is 229 g/mol. The molecule has 0 aliphatic carbocycles. The topological polar surface area (TPSA) is 110 Å². The molecule has 1 rings (SSSR count). The Kier molecular flexibility index (Phi) is 5.50. The predicted molar refractivity (Wildman–Crippen MR) is 54.8 cm³/mol. The van der Waals surface area contributed by atoms with Crippen molar-refractivity contribution in [1.29, 1.82) is 0 Å². The number of hydrogen-bond acceptors (Lipinski definition) is 6. The zero-order valence-corrected chi connectivity index (χ0v) is 8.71. The highest BCUT2D eigenvalue weighted by molar-refractivity contribution is 5.79. The Labute approximate surface area is 91.0 Å². The molecule has 1 aromatic carbocycles. The van der Waals surface area contributed by atoms with Gasteiger partial charge in [0.25, 0.3) is 0 Å². The van der Waals surface area contributed by atoms with Gasteiger partial charge < -0.3 is 14.9 Å². The number of nitrogens with zero attached hydrogens (tertiary/aromatic N) is 1. The molecule has 2 N–H and O–H groups in total. The van der Waals surface area contributed by atoms with E-state index >= 15 is 0 Å². The summed E-state index contributed by atoms with van der Waals surface area (Å²) in [4.78, 5) is 20.0. The van der Waals surface area contributed by atoms with Crippen LogP contribution in [-0.2, 0) is 0 Å². The Bertz CT molecular complexity index is 390. The maximum absolute atomic E-state index is 10.4. The molecule has 0 aliphatic heterocycles. The highest BCUT2D eigenvalue weighted by atomic mass is 16.6. The molecule has 0 amide bonds. The Morgan fingerprint density at radius 3 is 2.38 bits per heavy atom. The highest BCUT2D eigenvalue weighted by Gasteiger charge is 2.19. The van der Waals surface area contributed by atoms with Crippen molar-refractivity contribution in [2.45, 2.75) is 0 Å². The number of aldehydes is 1. The normalized spacial score (nSPS) is 8.69. The molecule has 0 bridgehead atoms. The molecular formula is C9H11NO6. The first-order valence-electron chi connectivity index (χ1n) is 4.05. The van der Waals surface area contributed by atoms with Gasteiger partial charge in [-0.25, -0.2) is 0 Å². The van der Waals surface area contributed by atoms with Crippen LogP contribution in [0, 0.1) is 10.1 Å². The summed E-state index contributed by atoms with van der Waals surface area (Å²) in [5.41, 5.74) is -0.474. The highest BCUT2D eigenvalue weighted by Crippen LogP contribution is 2.36. The number of nitro benzene ring substituents is 1. The van der Waals surface area contributed by atoms with Crippen LogP contribution in [0.25, 0.3) is 0 Å². The number of carbonyl (C=O) groups is 1. The Balaban J connectivity index is 0.00000106. The lowest BCUT2D eigenvalue weighted by Gasteiger charge is -2.03. The van der Waals surface area contributed by atoms with E-state index in [-0.39, 0.29) is 11.3 Å². The second-order valence-electron chi connectivity index (χ2n) is 2.47. The maximum Gasteiger partial charge on any atom is 0.315 e. The van der Waals surface area contributed by atoms with E-state index in [0.717, 1.165) is 13.2 Å². The van der Waals surface area contributed by atoms with E-state index in [9.17, 15) is 20.0 Å². The minimum atomic E-state index is -0.787. The van der Waals surface area contributed by atoms with E-state index in [1.807, 2.05) is 0 Å². The Morgan fingerprint density at radius 1 is 1.44 bits per heavy atom. The largest absolute Gasteiger partial charge is 0.500 e. The van der Waals surface area contributed by atoms with Crippen molar-refractivity contribution in [2.75, 3.05) is 14.2 Å². The number of aromatic hydroxyl groups is 1. The van der Waals surface area contributed by atoms with Crippen LogP contribution >= 0.6 is 0 Å². The number of methoxy groups -OCH3 is 1. The van der Waals surface area contributed by atoms with Gasteiger partial charge in [0.15, 0.2) is 5.75 Å². The zero-order valence-electron chi connectivity index (χ0n) is 8.71. The molecule has 0 saturated carbocycles. The number of nitro groups is 1. The van der Waals surface area contributed by atoms with Crippen molar-refractivity contribution in [3.05, 3.63) is 27.8 Å². The molecular weight excluding hydrogens is 218 g/mol. The fraction of sp³-hybridized carbons (Fsp3) is 0.222. The van der Waals surface area contributed by atoms with Crippen molar-refractivity contribution in [3.63, 3.8) is 0 Å². The van der Waals surface area contributed by atoms with Crippen LogP contribution in [0.4, 0.5) is 5.69 Å². The number of rotatable bonds is 3. The van der Waals surface area contributed by atoms with Gasteiger partial charge in [0.2, 0.25) is 5.75 Å². The molecule has 0 radical (unpaired) electrons. The second kappa shape index (κ2) is 6.36. The van der Waals surface area contributed by atoms with Crippen molar-refractivity contribution in [1.82, 2.24) is 0 Å². The number of aliphatic hydroxyl groups excluding tert-OH is 1. The number of hydrogen-bond donors (Lipinski definition) is 2. The zero-order chi connectivity index (χ0) is 12.7. The number of aliphatic hydroxyl groups is 1. The van der Waals surface area contributed by atoms with E-state index in [1.165, 1.54) is 13.2 Å². The lowest BCUT2D eigenvalue weighted by molar-refractivity contribution is -0.386. The number of benzene rings is 1. The minimum Gasteiger partial charge on any atom is -0.500 e. The molecule has 0 saturated heterocycles. The molecule has 0 aliphatic rings. The Morgan fingerprint density at radius 2 is 2.00 bits per heavy atom. The standard InChI is InChI=1S/C8H7NO5.CH4O/c1-14-7-3-5(4-10)2-6(8(7)11)9(12)13;1-2/h2-4,11H,1H3;2H,1H3. The maximum atomic E-state index is 10.4. The molecule has 7 nitrogen and oxygen atoms in total. The predicted octanol–water partition coefficient (Wildman–Crippen LogP) is 0.730. The van der Waals surface area contributed by atoms with Crippen LogP contribution in [0.15, 0.2) is 12.1 Å². The van der Waals surface area contributed by atoms with E-state index in [2.05, 4.69) is 4.74 Å². The van der Waals surface area contributed by atoms with Crippen LogP contribution in [0.5, 0.6) is 11.5 Å². The number of phenols is 1. The Hall–Kier alpha value is -2.15. The van der Waals surface area contributed by atoms with Crippen molar-refractivity contribution < 1.29 is 24.7 Å². The summed E-state index contributed by atoms with van der Waals surface area (Å²) in [5, 5.41) is 26.7. The molecule has 0 atom stereocenters. The lowest BCUT2D eigenvalue weighted by atomic mass is 10.2. The van der Waals surface area contributed by atoms with Crippen LogP contribution in [-0.4, -0.2) is 35.6 Å². The molecule has 0 heterocycles. The van der Waals surface area contributed by atoms with Crippen LogP contribution in [0.3, 0.4) is 0 Å². The summed E-state index contributed by atoms with van der Waals surface area (Å²) in [6.07, 6.45) is 0.439. The average Bonchev–Trinajstić information content (AvgIpc) is 2.31. The average molecular weight is 229 g/mol. The first-order valence-corrected chi connectivity index (χ1v) is 4.05. The number of ether oxygens (including phenoxy) is 1. The van der Waals surface area contributed by atoms with Gasteiger partial charge in [-0.05, 0) is 6.07 Å². The van der Waals surface area contributed by atoms with Crippen LogP contribution < -0.4 is 4.74 Å². The molecule has 1 aromatic rings. The summed E-state index contributed by atoms with van der Waals surface area (Å²) >= 11 is 0. The minimum absolute atomic E-state index is 0.0753. The van der Waals surface area contributed by atoms with Gasteiger partial charge in [-0.2, -0.15) is 0 Å². The molecule has 0 aromatic heterocycles. The fourth-order valence-corrected chi connectivity index (χ4v) is 0.977. The van der Waals surface area contributed by atoms with E-state index in [1.54, 1.807) is 0 Å². The quantitative estimate of drug-likeness (QED) is 0.449. The van der Waals surface area contributed by atoms with Gasteiger partial charge >= 0.3 is 5.69 Å². The molecule has 16 heavy (non-hydrogen) atoms. The summed E-state index contributed by atoms with van der Waals surface area (Å²) in [7, 11) is 2.24. The molecule has 7 heteroatoms. The third kappa shape index (κ3) is 2.92. The number of phenolic OH excluding ortho intramolecular Hbond substituents is 1. The van der Waals surface area contributed by atoms with E-state index in [0.29, 0.717) is 6.29 Å². The van der Waals surface area contributed by atoms with Gasteiger partial charge in [-0.3, -0.25) is 14.9 Å². The molecule has 88 valence electrons. The van der Waals surface area contributed by atoms with Gasteiger partial charge in [0.1, 0.15) is 6.29 Å².